The van der Waals surface area contributed by atoms with Crippen LogP contribution in [0.25, 0.3) is 20.7 Å². The van der Waals surface area contributed by atoms with E-state index in [1.807, 2.05) is 30.3 Å². The highest BCUT2D eigenvalue weighted by Crippen LogP contribution is 2.30. The van der Waals surface area contributed by atoms with E-state index in [2.05, 4.69) is 4.98 Å². The van der Waals surface area contributed by atoms with Crippen molar-refractivity contribution < 1.29 is 18.0 Å². The summed E-state index contributed by atoms with van der Waals surface area (Å²) >= 11 is 1.38. The standard InChI is InChI=1S/C22H18F3N3O2S/c1-13-8-16(14(2)28(13)11-22(23,24)25)18(29)10-27-12-26-20-17(21(27)30)9-19(31-20)15-6-4-3-5-7-15/h3-9,12H,10-11H2,1-2H3. The molecule has 4 rings (SSSR count). The molecule has 4 aromatic rings. The van der Waals surface area contributed by atoms with Crippen LogP contribution in [0.3, 0.4) is 0 Å². The molecule has 5 nitrogen and oxygen atoms in total. The first-order valence-electron chi connectivity index (χ1n) is 9.45. The second-order valence-corrected chi connectivity index (χ2v) is 8.31. The molecule has 0 amide bonds. The molecule has 160 valence electrons. The monoisotopic (exact) mass is 445 g/mol. The summed E-state index contributed by atoms with van der Waals surface area (Å²) in [6.07, 6.45) is -3.08. The Morgan fingerprint density at radius 3 is 2.52 bits per heavy atom. The summed E-state index contributed by atoms with van der Waals surface area (Å²) in [5, 5.41) is 0.404. The average molecular weight is 445 g/mol. The fourth-order valence-electron chi connectivity index (χ4n) is 3.56. The minimum absolute atomic E-state index is 0.170. The number of ketones is 1. The molecule has 31 heavy (non-hydrogen) atoms. The zero-order chi connectivity index (χ0) is 22.3. The molecule has 0 unspecified atom stereocenters. The summed E-state index contributed by atoms with van der Waals surface area (Å²) in [4.78, 5) is 31.5. The van der Waals surface area contributed by atoms with Crippen LogP contribution in [0.15, 0.2) is 53.6 Å². The Morgan fingerprint density at radius 1 is 1.13 bits per heavy atom. The van der Waals surface area contributed by atoms with Crippen molar-refractivity contribution in [1.82, 2.24) is 14.1 Å². The number of aromatic nitrogens is 3. The predicted molar refractivity (Wildman–Crippen MR) is 114 cm³/mol. The van der Waals surface area contributed by atoms with E-state index in [1.54, 1.807) is 6.07 Å². The van der Waals surface area contributed by atoms with Gasteiger partial charge in [0, 0.05) is 21.8 Å². The predicted octanol–water partition coefficient (Wildman–Crippen LogP) is 4.99. The molecule has 0 spiro atoms. The quantitative estimate of drug-likeness (QED) is 0.407. The molecule has 0 fully saturated rings. The minimum atomic E-state index is -4.39. The Morgan fingerprint density at radius 2 is 1.84 bits per heavy atom. The third-order valence-electron chi connectivity index (χ3n) is 5.10. The number of carbonyl (C=O) groups is 1. The van der Waals surface area contributed by atoms with Crippen molar-refractivity contribution in [1.29, 1.82) is 0 Å². The second-order valence-electron chi connectivity index (χ2n) is 7.28. The molecule has 9 heteroatoms. The maximum atomic E-state index is 12.9. The summed E-state index contributed by atoms with van der Waals surface area (Å²) in [7, 11) is 0. The van der Waals surface area contributed by atoms with E-state index >= 15 is 0 Å². The Labute approximate surface area is 179 Å². The van der Waals surface area contributed by atoms with E-state index < -0.39 is 18.5 Å². The lowest BCUT2D eigenvalue weighted by Gasteiger charge is -2.12. The van der Waals surface area contributed by atoms with Crippen LogP contribution in [0.5, 0.6) is 0 Å². The molecule has 0 aliphatic rings. The summed E-state index contributed by atoms with van der Waals surface area (Å²) in [6.45, 7) is 1.53. The maximum absolute atomic E-state index is 12.9. The SMILES string of the molecule is Cc1cc(C(=O)Cn2cnc3sc(-c4ccccc4)cc3c2=O)c(C)n1CC(F)(F)F. The van der Waals surface area contributed by atoms with E-state index in [4.69, 9.17) is 0 Å². The van der Waals surface area contributed by atoms with Crippen LogP contribution in [0.4, 0.5) is 13.2 Å². The van der Waals surface area contributed by atoms with Gasteiger partial charge in [-0.05, 0) is 31.5 Å². The third-order valence-corrected chi connectivity index (χ3v) is 6.19. The van der Waals surface area contributed by atoms with Crippen molar-refractivity contribution in [2.75, 3.05) is 0 Å². The van der Waals surface area contributed by atoms with E-state index in [0.29, 0.717) is 15.9 Å². The highest BCUT2D eigenvalue weighted by atomic mass is 32.1. The smallest absolute Gasteiger partial charge is 0.339 e. The highest BCUT2D eigenvalue weighted by molar-refractivity contribution is 7.21. The Hall–Kier alpha value is -3.20. The lowest BCUT2D eigenvalue weighted by molar-refractivity contribution is -0.141. The van der Waals surface area contributed by atoms with E-state index in [0.717, 1.165) is 15.0 Å². The van der Waals surface area contributed by atoms with Crippen LogP contribution in [-0.4, -0.2) is 26.1 Å². The summed E-state index contributed by atoms with van der Waals surface area (Å²) in [6, 6.07) is 12.8. The minimum Gasteiger partial charge on any atom is -0.339 e. The first-order chi connectivity index (χ1) is 14.6. The normalized spacial score (nSPS) is 11.9. The van der Waals surface area contributed by atoms with Crippen molar-refractivity contribution in [2.45, 2.75) is 33.1 Å². The molecule has 0 atom stereocenters. The van der Waals surface area contributed by atoms with Gasteiger partial charge in [0.25, 0.3) is 5.56 Å². The molecule has 0 radical (unpaired) electrons. The summed E-state index contributed by atoms with van der Waals surface area (Å²) in [5.74, 6) is -0.441. The third kappa shape index (κ3) is 4.18. The van der Waals surface area contributed by atoms with Gasteiger partial charge >= 0.3 is 6.18 Å². The summed E-state index contributed by atoms with van der Waals surface area (Å²) < 4.78 is 40.7. The lowest BCUT2D eigenvalue weighted by Crippen LogP contribution is -2.24. The molecule has 0 aliphatic heterocycles. The maximum Gasteiger partial charge on any atom is 0.406 e. The van der Waals surface area contributed by atoms with Crippen LogP contribution >= 0.6 is 11.3 Å². The van der Waals surface area contributed by atoms with Crippen molar-refractivity contribution in [3.63, 3.8) is 0 Å². The van der Waals surface area contributed by atoms with Gasteiger partial charge in [0.1, 0.15) is 11.4 Å². The zero-order valence-corrected chi connectivity index (χ0v) is 17.5. The number of fused-ring (bicyclic) bond motifs is 1. The largest absolute Gasteiger partial charge is 0.406 e. The molecule has 0 bridgehead atoms. The van der Waals surface area contributed by atoms with Crippen LogP contribution in [-0.2, 0) is 13.1 Å². The van der Waals surface area contributed by atoms with Gasteiger partial charge in [0.05, 0.1) is 18.3 Å². The first kappa shape index (κ1) is 21.0. The number of aryl methyl sites for hydroxylation is 1. The number of halogens is 3. The number of rotatable bonds is 5. The molecule has 0 saturated carbocycles. The van der Waals surface area contributed by atoms with Crippen LogP contribution in [0.1, 0.15) is 21.7 Å². The van der Waals surface area contributed by atoms with Crippen LogP contribution in [0.2, 0.25) is 0 Å². The molecule has 0 aliphatic carbocycles. The fourth-order valence-corrected chi connectivity index (χ4v) is 4.56. The molecule has 0 N–H and O–H groups in total. The Kier molecular flexibility index (Phi) is 5.30. The first-order valence-corrected chi connectivity index (χ1v) is 10.3. The van der Waals surface area contributed by atoms with Crippen LogP contribution < -0.4 is 5.56 Å². The van der Waals surface area contributed by atoms with Crippen molar-refractivity contribution >= 4 is 27.3 Å². The van der Waals surface area contributed by atoms with Gasteiger partial charge < -0.3 is 4.57 Å². The van der Waals surface area contributed by atoms with Gasteiger partial charge in [-0.3, -0.25) is 14.2 Å². The Bertz CT molecular complexity index is 1330. The molecule has 3 heterocycles. The van der Waals surface area contributed by atoms with Gasteiger partial charge in [-0.1, -0.05) is 30.3 Å². The van der Waals surface area contributed by atoms with Crippen molar-refractivity contribution in [2.24, 2.45) is 0 Å². The topological polar surface area (TPSA) is 56.9 Å². The van der Waals surface area contributed by atoms with Crippen LogP contribution in [0, 0.1) is 13.8 Å². The molecular weight excluding hydrogens is 427 g/mol. The molecule has 1 aromatic carbocycles. The fraction of sp³-hybridized carbons (Fsp3) is 0.227. The van der Waals surface area contributed by atoms with Gasteiger partial charge in [-0.2, -0.15) is 13.2 Å². The number of thiophene rings is 1. The van der Waals surface area contributed by atoms with Crippen molar-refractivity contribution in [3.8, 4) is 10.4 Å². The number of hydrogen-bond acceptors (Lipinski definition) is 4. The average Bonchev–Trinajstić information content (AvgIpc) is 3.27. The van der Waals surface area contributed by atoms with Crippen molar-refractivity contribution in [3.05, 3.63) is 76.1 Å². The number of alkyl halides is 3. The van der Waals surface area contributed by atoms with E-state index in [1.165, 1.54) is 42.1 Å². The van der Waals surface area contributed by atoms with Gasteiger partial charge in [-0.15, -0.1) is 11.3 Å². The number of hydrogen-bond donors (Lipinski definition) is 0. The molecule has 0 saturated heterocycles. The number of Topliss-reactive ketones (excluding diaryl/α,β-unsaturated/α-hetero) is 1. The molecule has 3 aromatic heterocycles. The summed E-state index contributed by atoms with van der Waals surface area (Å²) in [5.41, 5.74) is 1.34. The highest BCUT2D eigenvalue weighted by Gasteiger charge is 2.30. The van der Waals surface area contributed by atoms with E-state index in [9.17, 15) is 22.8 Å². The number of carbonyl (C=O) groups excluding carboxylic acids is 1. The second kappa shape index (κ2) is 7.81. The zero-order valence-electron chi connectivity index (χ0n) is 16.7. The lowest BCUT2D eigenvalue weighted by atomic mass is 10.1. The van der Waals surface area contributed by atoms with Gasteiger partial charge in [-0.25, -0.2) is 4.98 Å². The molecular formula is C22H18F3N3O2S. The Balaban J connectivity index is 1.65. The number of nitrogens with zero attached hydrogens (tertiary/aromatic N) is 3. The number of benzene rings is 1. The van der Waals surface area contributed by atoms with Gasteiger partial charge in [0.2, 0.25) is 0 Å². The van der Waals surface area contributed by atoms with Gasteiger partial charge in [0.15, 0.2) is 5.78 Å². The van der Waals surface area contributed by atoms with E-state index in [-0.39, 0.29) is 23.4 Å².